The quantitative estimate of drug-likeness (QED) is 0.711. The molecule has 8 heteroatoms. The summed E-state index contributed by atoms with van der Waals surface area (Å²) in [4.78, 5) is 22.4. The zero-order chi connectivity index (χ0) is 19.4. The second-order valence-corrected chi connectivity index (χ2v) is 9.44. The van der Waals surface area contributed by atoms with Crippen molar-refractivity contribution in [3.8, 4) is 0 Å². The molecule has 1 amide bonds. The van der Waals surface area contributed by atoms with Crippen LogP contribution in [0.15, 0.2) is 48.5 Å². The summed E-state index contributed by atoms with van der Waals surface area (Å²) in [6.45, 7) is 0. The zero-order valence-corrected chi connectivity index (χ0v) is 17.3. The van der Waals surface area contributed by atoms with Gasteiger partial charge in [-0.25, -0.2) is 0 Å². The number of benzene rings is 2. The van der Waals surface area contributed by atoms with Crippen molar-refractivity contribution in [2.45, 2.75) is 16.5 Å². The molecule has 2 aromatic carbocycles. The Bertz CT molecular complexity index is 830. The van der Waals surface area contributed by atoms with Crippen molar-refractivity contribution >= 4 is 58.6 Å². The number of aliphatic carboxylic acids is 1. The van der Waals surface area contributed by atoms with E-state index in [1.54, 1.807) is 24.3 Å². The molecule has 27 heavy (non-hydrogen) atoms. The first-order valence-corrected chi connectivity index (χ1v) is 10.9. The molecule has 3 rings (SSSR count). The molecule has 4 nitrogen and oxygen atoms in total. The largest absolute Gasteiger partial charge is 0.549 e. The molecule has 1 saturated heterocycles. The number of nitrogens with one attached hydrogen (secondary N) is 1. The van der Waals surface area contributed by atoms with Crippen LogP contribution in [0.1, 0.15) is 22.8 Å². The Morgan fingerprint density at radius 1 is 1.15 bits per heavy atom. The summed E-state index contributed by atoms with van der Waals surface area (Å²) in [5, 5.41) is 15.2. The summed E-state index contributed by atoms with van der Waals surface area (Å²) in [7, 11) is 0. The average Bonchev–Trinajstić information content (AvgIpc) is 3.01. The number of thioether (sulfide) groups is 2. The smallest absolute Gasteiger partial charge is 0.231 e. The second kappa shape index (κ2) is 8.78. The normalized spacial score (nSPS) is 20.3. The molecule has 0 aromatic heterocycles. The molecule has 0 radical (unpaired) electrons. The van der Waals surface area contributed by atoms with Gasteiger partial charge in [-0.2, -0.15) is 0 Å². The summed E-state index contributed by atoms with van der Waals surface area (Å²) in [5.74, 6) is -0.957. The van der Waals surface area contributed by atoms with Gasteiger partial charge >= 0.3 is 0 Å². The Morgan fingerprint density at radius 3 is 2.26 bits per heavy atom. The fourth-order valence-electron chi connectivity index (χ4n) is 2.97. The van der Waals surface area contributed by atoms with Gasteiger partial charge in [0.15, 0.2) is 0 Å². The molecule has 1 fully saturated rings. The Labute approximate surface area is 176 Å². The third kappa shape index (κ3) is 5.13. The minimum Gasteiger partial charge on any atom is -0.549 e. The van der Waals surface area contributed by atoms with Crippen LogP contribution in [0.3, 0.4) is 0 Å². The van der Waals surface area contributed by atoms with E-state index in [0.29, 0.717) is 22.2 Å². The predicted molar refractivity (Wildman–Crippen MR) is 110 cm³/mol. The fraction of sp³-hybridized carbons (Fsp3) is 0.263. The van der Waals surface area contributed by atoms with E-state index in [-0.39, 0.29) is 16.9 Å². The zero-order valence-electron chi connectivity index (χ0n) is 14.1. The second-order valence-electron chi connectivity index (χ2n) is 6.10. The van der Waals surface area contributed by atoms with Gasteiger partial charge in [0, 0.05) is 27.5 Å². The highest BCUT2D eigenvalue weighted by Gasteiger charge is 2.42. The first kappa shape index (κ1) is 20.4. The van der Waals surface area contributed by atoms with Gasteiger partial charge in [0.25, 0.3) is 0 Å². The first-order chi connectivity index (χ1) is 12.9. The number of hydrogen-bond acceptors (Lipinski definition) is 5. The minimum absolute atomic E-state index is 0.0466. The highest BCUT2D eigenvalue weighted by Crippen LogP contribution is 2.48. The minimum atomic E-state index is -1.12. The fourth-order valence-corrected chi connectivity index (χ4v) is 5.60. The highest BCUT2D eigenvalue weighted by atomic mass is 35.5. The SMILES string of the molecule is O=C([O-])CS[C@@H](C[C@@]1(c2ccc(Cl)cc2)NC(=O)CS1)c1ccc(Cl)cc1. The number of amides is 1. The van der Waals surface area contributed by atoms with Crippen molar-refractivity contribution in [3.05, 3.63) is 69.7 Å². The Hall–Kier alpha value is -1.34. The molecule has 1 aliphatic heterocycles. The number of carbonyl (C=O) groups is 2. The maximum Gasteiger partial charge on any atom is 0.231 e. The Balaban J connectivity index is 1.94. The van der Waals surface area contributed by atoms with Crippen molar-refractivity contribution in [1.82, 2.24) is 5.32 Å². The lowest BCUT2D eigenvalue weighted by Gasteiger charge is -2.33. The molecule has 1 aliphatic rings. The number of rotatable bonds is 7. The van der Waals surface area contributed by atoms with Gasteiger partial charge in [-0.3, -0.25) is 4.79 Å². The van der Waals surface area contributed by atoms with Gasteiger partial charge < -0.3 is 15.2 Å². The van der Waals surface area contributed by atoms with Crippen LogP contribution in [0.2, 0.25) is 10.0 Å². The molecule has 142 valence electrons. The number of carboxylic acids is 1. The molecular weight excluding hydrogens is 425 g/mol. The molecule has 1 N–H and O–H groups in total. The van der Waals surface area contributed by atoms with E-state index >= 15 is 0 Å². The lowest BCUT2D eigenvalue weighted by Crippen LogP contribution is -2.38. The maximum absolute atomic E-state index is 12.0. The van der Waals surface area contributed by atoms with E-state index in [0.717, 1.165) is 11.1 Å². The molecule has 0 saturated carbocycles. The number of carbonyl (C=O) groups excluding carboxylic acids is 2. The van der Waals surface area contributed by atoms with E-state index in [1.807, 2.05) is 24.3 Å². The summed E-state index contributed by atoms with van der Waals surface area (Å²) in [6, 6.07) is 14.7. The van der Waals surface area contributed by atoms with Gasteiger partial charge in [-0.05, 0) is 35.4 Å². The predicted octanol–water partition coefficient (Wildman–Crippen LogP) is 3.62. The van der Waals surface area contributed by atoms with Crippen LogP contribution in [0, 0.1) is 0 Å². The van der Waals surface area contributed by atoms with Gasteiger partial charge in [0.2, 0.25) is 5.91 Å². The lowest BCUT2D eigenvalue weighted by atomic mass is 9.97. The molecule has 0 unspecified atom stereocenters. The molecular formula is C19H16Cl2NO3S2-. The molecule has 2 atom stereocenters. The molecule has 0 bridgehead atoms. The standard InChI is InChI=1S/C19H17Cl2NO3S2/c20-14-5-1-12(2-6-14)16(26-11-18(24)25)9-19(22-17(23)10-27-19)13-3-7-15(21)8-4-13/h1-8,16H,9-11H2,(H,22,23)(H,24,25)/p-1/t16-,19+/m0/s1. The molecule has 0 spiro atoms. The van der Waals surface area contributed by atoms with Crippen LogP contribution >= 0.6 is 46.7 Å². The van der Waals surface area contributed by atoms with E-state index in [2.05, 4.69) is 5.32 Å². The van der Waals surface area contributed by atoms with Crippen LogP contribution in [-0.2, 0) is 14.5 Å². The van der Waals surface area contributed by atoms with Crippen LogP contribution in [-0.4, -0.2) is 23.4 Å². The summed E-state index contributed by atoms with van der Waals surface area (Å²) >= 11 is 14.8. The number of carboxylic acid groups (broad SMARTS) is 1. The third-order valence-corrected chi connectivity index (χ3v) is 7.37. The van der Waals surface area contributed by atoms with E-state index in [1.165, 1.54) is 23.5 Å². The van der Waals surface area contributed by atoms with Crippen LogP contribution in [0.4, 0.5) is 0 Å². The van der Waals surface area contributed by atoms with Crippen molar-refractivity contribution in [1.29, 1.82) is 0 Å². The Morgan fingerprint density at radius 2 is 1.74 bits per heavy atom. The van der Waals surface area contributed by atoms with Crippen LogP contribution < -0.4 is 10.4 Å². The van der Waals surface area contributed by atoms with Crippen molar-refractivity contribution < 1.29 is 14.7 Å². The topological polar surface area (TPSA) is 69.2 Å². The third-order valence-electron chi connectivity index (χ3n) is 4.22. The maximum atomic E-state index is 12.0. The summed E-state index contributed by atoms with van der Waals surface area (Å²) in [5.41, 5.74) is 1.87. The monoisotopic (exact) mass is 440 g/mol. The van der Waals surface area contributed by atoms with Crippen LogP contribution in [0.25, 0.3) is 0 Å². The lowest BCUT2D eigenvalue weighted by molar-refractivity contribution is -0.301. The van der Waals surface area contributed by atoms with Gasteiger partial charge in [-0.1, -0.05) is 47.5 Å². The van der Waals surface area contributed by atoms with Crippen molar-refractivity contribution in [3.63, 3.8) is 0 Å². The summed E-state index contributed by atoms with van der Waals surface area (Å²) < 4.78 is 0. The average molecular weight is 441 g/mol. The number of halogens is 2. The number of hydrogen-bond donors (Lipinski definition) is 1. The molecule has 0 aliphatic carbocycles. The Kier molecular flexibility index (Phi) is 6.63. The van der Waals surface area contributed by atoms with Gasteiger partial charge in [0.1, 0.15) is 4.87 Å². The van der Waals surface area contributed by atoms with Crippen molar-refractivity contribution in [2.75, 3.05) is 11.5 Å². The summed E-state index contributed by atoms with van der Waals surface area (Å²) in [6.07, 6.45) is 0.518. The van der Waals surface area contributed by atoms with E-state index in [4.69, 9.17) is 23.2 Å². The molecule has 2 aromatic rings. The first-order valence-electron chi connectivity index (χ1n) is 8.16. The van der Waals surface area contributed by atoms with Gasteiger partial charge in [0.05, 0.1) is 11.7 Å². The van der Waals surface area contributed by atoms with E-state index in [9.17, 15) is 14.7 Å². The molecule has 1 heterocycles. The highest BCUT2D eigenvalue weighted by molar-refractivity contribution is 8.01. The van der Waals surface area contributed by atoms with E-state index < -0.39 is 10.8 Å². The van der Waals surface area contributed by atoms with Gasteiger partial charge in [-0.15, -0.1) is 23.5 Å². The van der Waals surface area contributed by atoms with Crippen molar-refractivity contribution in [2.24, 2.45) is 0 Å². The van der Waals surface area contributed by atoms with Crippen LogP contribution in [0.5, 0.6) is 0 Å².